The second kappa shape index (κ2) is 9.23. The van der Waals surface area contributed by atoms with Gasteiger partial charge in [-0.3, -0.25) is 14.5 Å². The Hall–Kier alpha value is -3.65. The summed E-state index contributed by atoms with van der Waals surface area (Å²) in [5, 5.41) is 4.01. The quantitative estimate of drug-likeness (QED) is 0.640. The van der Waals surface area contributed by atoms with Gasteiger partial charge < -0.3 is 19.9 Å². The van der Waals surface area contributed by atoms with Crippen molar-refractivity contribution in [2.45, 2.75) is 20.4 Å². The highest BCUT2D eigenvalue weighted by Crippen LogP contribution is 2.23. The molecule has 1 fully saturated rings. The van der Waals surface area contributed by atoms with E-state index in [1.165, 1.54) is 0 Å². The van der Waals surface area contributed by atoms with Crippen LogP contribution in [0.25, 0.3) is 0 Å². The monoisotopic (exact) mass is 434 g/mol. The molecule has 0 unspecified atom stereocenters. The average Bonchev–Trinajstić information content (AvgIpc) is 3.12. The van der Waals surface area contributed by atoms with Crippen molar-refractivity contribution < 1.29 is 18.8 Å². The lowest BCUT2D eigenvalue weighted by molar-refractivity contribution is 0.0627. The highest BCUT2D eigenvalue weighted by Gasteiger charge is 2.23. The molecule has 0 aliphatic carbocycles. The molecule has 3 aromatic rings. The van der Waals surface area contributed by atoms with Gasteiger partial charge in [-0.15, -0.1) is 0 Å². The first-order valence-electron chi connectivity index (χ1n) is 10.5. The lowest BCUT2D eigenvalue weighted by atomic mass is 10.1. The van der Waals surface area contributed by atoms with Crippen LogP contribution in [0.4, 0.5) is 0 Å². The van der Waals surface area contributed by atoms with Crippen molar-refractivity contribution in [3.8, 4) is 11.5 Å². The third-order valence-corrected chi connectivity index (χ3v) is 5.70. The summed E-state index contributed by atoms with van der Waals surface area (Å²) in [7, 11) is 0. The number of carbonyl (C=O) groups is 2. The van der Waals surface area contributed by atoms with E-state index in [9.17, 15) is 9.59 Å². The summed E-state index contributed by atoms with van der Waals surface area (Å²) in [5.74, 6) is 1.58. The number of amides is 2. The maximum Gasteiger partial charge on any atom is 0.253 e. The van der Waals surface area contributed by atoms with Gasteiger partial charge in [0.05, 0.1) is 5.69 Å². The number of nitrogens with two attached hydrogens (primary N) is 1. The van der Waals surface area contributed by atoms with E-state index in [1.807, 2.05) is 18.7 Å². The number of carbonyl (C=O) groups excluding carboxylic acids is 2. The van der Waals surface area contributed by atoms with Crippen LogP contribution >= 0.6 is 0 Å². The predicted molar refractivity (Wildman–Crippen MR) is 119 cm³/mol. The molecule has 166 valence electrons. The first kappa shape index (κ1) is 21.6. The van der Waals surface area contributed by atoms with Gasteiger partial charge in [0.25, 0.3) is 5.91 Å². The number of aryl methyl sites for hydroxylation is 2. The van der Waals surface area contributed by atoms with Gasteiger partial charge in [-0.1, -0.05) is 5.16 Å². The number of primary amides is 1. The molecule has 0 bridgehead atoms. The molecular weight excluding hydrogens is 408 g/mol. The van der Waals surface area contributed by atoms with Crippen LogP contribution in [-0.2, 0) is 6.54 Å². The van der Waals surface area contributed by atoms with Crippen molar-refractivity contribution in [3.63, 3.8) is 0 Å². The van der Waals surface area contributed by atoms with E-state index in [2.05, 4.69) is 10.1 Å². The molecule has 0 atom stereocenters. The predicted octanol–water partition coefficient (Wildman–Crippen LogP) is 3.14. The van der Waals surface area contributed by atoms with Crippen molar-refractivity contribution in [2.24, 2.45) is 5.73 Å². The number of piperazine rings is 1. The molecule has 1 aromatic heterocycles. The van der Waals surface area contributed by atoms with Crippen LogP contribution in [0.1, 0.15) is 37.7 Å². The first-order valence-corrected chi connectivity index (χ1v) is 10.5. The number of ether oxygens (including phenoxy) is 1. The highest BCUT2D eigenvalue weighted by molar-refractivity contribution is 5.94. The van der Waals surface area contributed by atoms with E-state index in [4.69, 9.17) is 15.0 Å². The smallest absolute Gasteiger partial charge is 0.253 e. The van der Waals surface area contributed by atoms with E-state index in [0.29, 0.717) is 35.7 Å². The Bertz CT molecular complexity index is 1080. The summed E-state index contributed by atoms with van der Waals surface area (Å²) in [6.45, 7) is 7.62. The Kier molecular flexibility index (Phi) is 6.23. The largest absolute Gasteiger partial charge is 0.457 e. The van der Waals surface area contributed by atoms with Crippen molar-refractivity contribution in [3.05, 3.63) is 76.7 Å². The number of hydrogen-bond donors (Lipinski definition) is 1. The molecule has 1 aliphatic rings. The van der Waals surface area contributed by atoms with E-state index < -0.39 is 5.91 Å². The van der Waals surface area contributed by atoms with Crippen molar-refractivity contribution in [2.75, 3.05) is 26.2 Å². The molecule has 2 N–H and O–H groups in total. The number of benzene rings is 2. The third kappa shape index (κ3) is 4.81. The molecule has 2 aromatic carbocycles. The third-order valence-electron chi connectivity index (χ3n) is 5.70. The van der Waals surface area contributed by atoms with E-state index in [-0.39, 0.29) is 5.91 Å². The van der Waals surface area contributed by atoms with Crippen LogP contribution in [0, 0.1) is 13.8 Å². The van der Waals surface area contributed by atoms with Crippen LogP contribution in [0.3, 0.4) is 0 Å². The van der Waals surface area contributed by atoms with Gasteiger partial charge in [-0.05, 0) is 62.4 Å². The van der Waals surface area contributed by atoms with Gasteiger partial charge in [0.2, 0.25) is 5.91 Å². The lowest BCUT2D eigenvalue weighted by Crippen LogP contribution is -2.48. The minimum Gasteiger partial charge on any atom is -0.457 e. The fraction of sp³-hybridized carbons (Fsp3) is 0.292. The van der Waals surface area contributed by atoms with Gasteiger partial charge in [0, 0.05) is 49.4 Å². The summed E-state index contributed by atoms with van der Waals surface area (Å²) in [4.78, 5) is 28.2. The molecule has 8 nitrogen and oxygen atoms in total. The maximum atomic E-state index is 12.9. The minimum absolute atomic E-state index is 0.0133. The van der Waals surface area contributed by atoms with E-state index in [0.717, 1.165) is 36.7 Å². The van der Waals surface area contributed by atoms with Crippen molar-refractivity contribution in [1.82, 2.24) is 15.0 Å². The Morgan fingerprint density at radius 3 is 2.00 bits per heavy atom. The Morgan fingerprint density at radius 1 is 0.938 bits per heavy atom. The molecule has 1 aliphatic heterocycles. The zero-order chi connectivity index (χ0) is 22.7. The van der Waals surface area contributed by atoms with Crippen LogP contribution in [0.2, 0.25) is 0 Å². The average molecular weight is 434 g/mol. The lowest BCUT2D eigenvalue weighted by Gasteiger charge is -2.34. The van der Waals surface area contributed by atoms with Gasteiger partial charge in [-0.25, -0.2) is 0 Å². The molecule has 2 amide bonds. The van der Waals surface area contributed by atoms with Crippen LogP contribution < -0.4 is 10.5 Å². The van der Waals surface area contributed by atoms with Crippen molar-refractivity contribution in [1.29, 1.82) is 0 Å². The molecule has 2 heterocycles. The number of nitrogens with zero attached hydrogens (tertiary/aromatic N) is 3. The van der Waals surface area contributed by atoms with Crippen LogP contribution in [0.15, 0.2) is 53.1 Å². The molecule has 0 saturated carbocycles. The zero-order valence-corrected chi connectivity index (χ0v) is 18.2. The summed E-state index contributed by atoms with van der Waals surface area (Å²) < 4.78 is 11.0. The van der Waals surface area contributed by atoms with E-state index in [1.54, 1.807) is 48.5 Å². The van der Waals surface area contributed by atoms with Gasteiger partial charge in [0.1, 0.15) is 17.3 Å². The van der Waals surface area contributed by atoms with Crippen LogP contribution in [0.5, 0.6) is 11.5 Å². The Labute approximate surface area is 186 Å². The van der Waals surface area contributed by atoms with Gasteiger partial charge in [-0.2, -0.15) is 0 Å². The molecular formula is C24H26N4O4. The summed E-state index contributed by atoms with van der Waals surface area (Å²) in [5.41, 5.74) is 8.35. The number of rotatable bonds is 6. The Morgan fingerprint density at radius 2 is 1.50 bits per heavy atom. The molecule has 0 radical (unpaired) electrons. The second-order valence-corrected chi connectivity index (χ2v) is 7.89. The SMILES string of the molecule is Cc1noc(C)c1CN1CCN(C(=O)c2ccc(Oc3ccc(C(N)=O)cc3)cc2)CC1. The highest BCUT2D eigenvalue weighted by atomic mass is 16.5. The molecule has 1 saturated heterocycles. The maximum absolute atomic E-state index is 12.9. The Balaban J connectivity index is 1.31. The first-order chi connectivity index (χ1) is 15.4. The summed E-state index contributed by atoms with van der Waals surface area (Å²) >= 11 is 0. The standard InChI is InChI=1S/C24H26N4O4/c1-16-22(17(2)32-26-16)15-27-11-13-28(14-12-27)24(30)19-5-9-21(10-6-19)31-20-7-3-18(4-8-20)23(25)29/h3-10H,11-15H2,1-2H3,(H2,25,29). The number of hydrogen-bond acceptors (Lipinski definition) is 6. The summed E-state index contributed by atoms with van der Waals surface area (Å²) in [6.07, 6.45) is 0. The molecule has 8 heteroatoms. The molecule has 4 rings (SSSR count). The van der Waals surface area contributed by atoms with Crippen molar-refractivity contribution >= 4 is 11.8 Å². The normalized spacial score (nSPS) is 14.4. The van der Waals surface area contributed by atoms with Gasteiger partial charge in [0.15, 0.2) is 0 Å². The van der Waals surface area contributed by atoms with E-state index >= 15 is 0 Å². The minimum atomic E-state index is -0.482. The van der Waals surface area contributed by atoms with Gasteiger partial charge >= 0.3 is 0 Å². The fourth-order valence-corrected chi connectivity index (χ4v) is 3.73. The summed E-state index contributed by atoms with van der Waals surface area (Å²) in [6, 6.07) is 13.7. The molecule has 32 heavy (non-hydrogen) atoms. The zero-order valence-electron chi connectivity index (χ0n) is 18.2. The second-order valence-electron chi connectivity index (χ2n) is 7.89. The van der Waals surface area contributed by atoms with Crippen LogP contribution in [-0.4, -0.2) is 52.9 Å². The number of aromatic nitrogens is 1. The fourth-order valence-electron chi connectivity index (χ4n) is 3.73. The molecule has 0 spiro atoms. The topological polar surface area (TPSA) is 102 Å².